The van der Waals surface area contributed by atoms with Gasteiger partial charge in [-0.15, -0.1) is 0 Å². The third-order valence-corrected chi connectivity index (χ3v) is 2.97. The molecule has 0 amide bonds. The summed E-state index contributed by atoms with van der Waals surface area (Å²) in [7, 11) is 2.12. The Morgan fingerprint density at radius 1 is 1.24 bits per heavy atom. The summed E-state index contributed by atoms with van der Waals surface area (Å²) >= 11 is 11.8. The summed E-state index contributed by atoms with van der Waals surface area (Å²) in [5.74, 6) is 0.703. The highest BCUT2D eigenvalue weighted by Crippen LogP contribution is 2.27. The van der Waals surface area contributed by atoms with Gasteiger partial charge in [-0.25, -0.2) is 0 Å². The Morgan fingerprint density at radius 3 is 2.65 bits per heavy atom. The summed E-state index contributed by atoms with van der Waals surface area (Å²) < 4.78 is 5.60. The topological polar surface area (TPSA) is 12.5 Å². The molecule has 96 valence electrons. The van der Waals surface area contributed by atoms with E-state index in [9.17, 15) is 0 Å². The lowest BCUT2D eigenvalue weighted by molar-refractivity contribution is 0.263. The maximum Gasteiger partial charge on any atom is 0.137 e. The van der Waals surface area contributed by atoms with Crippen LogP contribution in [0.4, 0.5) is 0 Å². The highest BCUT2D eigenvalue weighted by Gasteiger charge is 2.02. The molecule has 2 nitrogen and oxygen atoms in total. The second-order valence-electron chi connectivity index (χ2n) is 4.08. The molecule has 17 heavy (non-hydrogen) atoms. The van der Waals surface area contributed by atoms with E-state index in [-0.39, 0.29) is 0 Å². The van der Waals surface area contributed by atoms with Crippen LogP contribution in [0.15, 0.2) is 18.2 Å². The first kappa shape index (κ1) is 14.6. The monoisotopic (exact) mass is 275 g/mol. The minimum atomic E-state index is 0.569. The molecule has 0 aliphatic rings. The van der Waals surface area contributed by atoms with Gasteiger partial charge >= 0.3 is 0 Å². The third-order valence-electron chi connectivity index (χ3n) is 2.44. The Labute approximate surface area is 113 Å². The van der Waals surface area contributed by atoms with Crippen LogP contribution < -0.4 is 4.74 Å². The molecule has 0 unspecified atom stereocenters. The number of hydrogen-bond donors (Lipinski definition) is 0. The van der Waals surface area contributed by atoms with E-state index >= 15 is 0 Å². The first-order chi connectivity index (χ1) is 8.13. The van der Waals surface area contributed by atoms with Crippen molar-refractivity contribution in [3.05, 3.63) is 28.2 Å². The molecular weight excluding hydrogens is 257 g/mol. The number of ether oxygens (including phenoxy) is 1. The van der Waals surface area contributed by atoms with E-state index in [0.717, 1.165) is 19.5 Å². The lowest BCUT2D eigenvalue weighted by atomic mass is 10.3. The normalized spacial score (nSPS) is 10.9. The number of hydrogen-bond acceptors (Lipinski definition) is 2. The van der Waals surface area contributed by atoms with Crippen molar-refractivity contribution in [2.75, 3.05) is 26.7 Å². The van der Waals surface area contributed by atoms with Gasteiger partial charge in [-0.1, -0.05) is 30.1 Å². The summed E-state index contributed by atoms with van der Waals surface area (Å²) in [6, 6.07) is 5.29. The van der Waals surface area contributed by atoms with Gasteiger partial charge in [-0.3, -0.25) is 0 Å². The van der Waals surface area contributed by atoms with Crippen molar-refractivity contribution in [2.24, 2.45) is 0 Å². The molecule has 0 N–H and O–H groups in total. The van der Waals surface area contributed by atoms with E-state index < -0.39 is 0 Å². The van der Waals surface area contributed by atoms with Gasteiger partial charge in [0.15, 0.2) is 0 Å². The second kappa shape index (κ2) is 7.80. The van der Waals surface area contributed by atoms with Crippen molar-refractivity contribution in [1.29, 1.82) is 0 Å². The molecule has 0 saturated heterocycles. The van der Waals surface area contributed by atoms with Crippen LogP contribution in [0.5, 0.6) is 5.75 Å². The Balaban J connectivity index is 2.26. The summed E-state index contributed by atoms with van der Waals surface area (Å²) in [6.07, 6.45) is 2.18. The molecule has 0 heterocycles. The van der Waals surface area contributed by atoms with Crippen molar-refractivity contribution < 1.29 is 4.74 Å². The number of nitrogens with zero attached hydrogens (tertiary/aromatic N) is 1. The van der Waals surface area contributed by atoms with Crippen LogP contribution >= 0.6 is 23.2 Å². The van der Waals surface area contributed by atoms with Crippen LogP contribution in [0.1, 0.15) is 19.8 Å². The molecule has 1 rings (SSSR count). The highest BCUT2D eigenvalue weighted by molar-refractivity contribution is 6.35. The van der Waals surface area contributed by atoms with E-state index in [1.807, 2.05) is 0 Å². The van der Waals surface area contributed by atoms with Crippen molar-refractivity contribution in [3.8, 4) is 5.75 Å². The molecule has 0 aromatic heterocycles. The maximum atomic E-state index is 6.00. The minimum absolute atomic E-state index is 0.569. The summed E-state index contributed by atoms with van der Waals surface area (Å²) in [6.45, 7) is 5.02. The first-order valence-corrected chi connectivity index (χ1v) is 6.65. The van der Waals surface area contributed by atoms with E-state index in [2.05, 4.69) is 18.9 Å². The maximum absolute atomic E-state index is 6.00. The van der Waals surface area contributed by atoms with Crippen molar-refractivity contribution in [1.82, 2.24) is 4.90 Å². The molecule has 4 heteroatoms. The average molecular weight is 276 g/mol. The molecule has 0 radical (unpaired) electrons. The van der Waals surface area contributed by atoms with Crippen LogP contribution in [-0.4, -0.2) is 31.6 Å². The largest absolute Gasteiger partial charge is 0.492 e. The zero-order valence-electron chi connectivity index (χ0n) is 10.4. The Morgan fingerprint density at radius 2 is 2.00 bits per heavy atom. The zero-order valence-corrected chi connectivity index (χ0v) is 11.9. The molecule has 0 bridgehead atoms. The van der Waals surface area contributed by atoms with Crippen LogP contribution in [0.2, 0.25) is 10.0 Å². The molecule has 0 aliphatic heterocycles. The van der Waals surface area contributed by atoms with Gasteiger partial charge in [0, 0.05) is 11.6 Å². The van der Waals surface area contributed by atoms with E-state index in [1.165, 1.54) is 6.42 Å². The Hall–Kier alpha value is -0.440. The fourth-order valence-corrected chi connectivity index (χ4v) is 2.07. The Bertz CT molecular complexity index is 344. The minimum Gasteiger partial charge on any atom is -0.492 e. The molecule has 0 saturated carbocycles. The van der Waals surface area contributed by atoms with Crippen LogP contribution in [0.25, 0.3) is 0 Å². The van der Waals surface area contributed by atoms with Crippen molar-refractivity contribution >= 4 is 23.2 Å². The average Bonchev–Trinajstić information content (AvgIpc) is 2.27. The van der Waals surface area contributed by atoms with Crippen LogP contribution in [0.3, 0.4) is 0 Å². The van der Waals surface area contributed by atoms with Gasteiger partial charge in [0.05, 0.1) is 11.6 Å². The first-order valence-electron chi connectivity index (χ1n) is 5.90. The van der Waals surface area contributed by atoms with Gasteiger partial charge in [-0.05, 0) is 44.6 Å². The predicted octanol–water partition coefficient (Wildman–Crippen LogP) is 4.10. The SMILES string of the molecule is CCCN(C)CCCOc1ccc(Cl)cc1Cl. The second-order valence-corrected chi connectivity index (χ2v) is 4.92. The van der Waals surface area contributed by atoms with E-state index in [4.69, 9.17) is 27.9 Å². The summed E-state index contributed by atoms with van der Waals surface area (Å²) in [5.41, 5.74) is 0. The Kier molecular flexibility index (Phi) is 6.71. The van der Waals surface area contributed by atoms with Crippen molar-refractivity contribution in [2.45, 2.75) is 19.8 Å². The standard InChI is InChI=1S/C13H19Cl2NO/c1-3-7-16(2)8-4-9-17-13-6-5-11(14)10-12(13)15/h5-6,10H,3-4,7-9H2,1-2H3. The molecule has 0 aliphatic carbocycles. The molecule has 1 aromatic rings. The number of benzene rings is 1. The smallest absolute Gasteiger partial charge is 0.137 e. The van der Waals surface area contributed by atoms with Crippen LogP contribution in [-0.2, 0) is 0 Å². The molecule has 0 fully saturated rings. The van der Waals surface area contributed by atoms with Gasteiger partial charge in [-0.2, -0.15) is 0 Å². The molecular formula is C13H19Cl2NO. The fourth-order valence-electron chi connectivity index (χ4n) is 1.60. The van der Waals surface area contributed by atoms with Crippen LogP contribution in [0, 0.1) is 0 Å². The van der Waals surface area contributed by atoms with Gasteiger partial charge in [0.2, 0.25) is 0 Å². The lowest BCUT2D eigenvalue weighted by Crippen LogP contribution is -2.21. The summed E-state index contributed by atoms with van der Waals surface area (Å²) in [4.78, 5) is 2.30. The third kappa shape index (κ3) is 5.62. The summed E-state index contributed by atoms with van der Waals surface area (Å²) in [5, 5.41) is 1.20. The van der Waals surface area contributed by atoms with Crippen molar-refractivity contribution in [3.63, 3.8) is 0 Å². The molecule has 0 atom stereocenters. The zero-order chi connectivity index (χ0) is 12.7. The fraction of sp³-hybridized carbons (Fsp3) is 0.538. The predicted molar refractivity (Wildman–Crippen MR) is 74.4 cm³/mol. The van der Waals surface area contributed by atoms with E-state index in [0.29, 0.717) is 22.4 Å². The molecule has 0 spiro atoms. The quantitative estimate of drug-likeness (QED) is 0.695. The van der Waals surface area contributed by atoms with Gasteiger partial charge < -0.3 is 9.64 Å². The molecule has 1 aromatic carbocycles. The van der Waals surface area contributed by atoms with E-state index in [1.54, 1.807) is 18.2 Å². The van der Waals surface area contributed by atoms with Gasteiger partial charge in [0.1, 0.15) is 5.75 Å². The number of rotatable bonds is 7. The van der Waals surface area contributed by atoms with Gasteiger partial charge in [0.25, 0.3) is 0 Å². The number of halogens is 2. The highest BCUT2D eigenvalue weighted by atomic mass is 35.5. The lowest BCUT2D eigenvalue weighted by Gasteiger charge is -2.15.